The van der Waals surface area contributed by atoms with Gasteiger partial charge in [0.05, 0.1) is 16.9 Å². The fourth-order valence-corrected chi connectivity index (χ4v) is 5.12. The fourth-order valence-electron chi connectivity index (χ4n) is 4.85. The predicted octanol–water partition coefficient (Wildman–Crippen LogP) is 7.44. The molecule has 0 N–H and O–H groups in total. The average Bonchev–Trinajstić information content (AvgIpc) is 3.14. The van der Waals surface area contributed by atoms with Gasteiger partial charge in [-0.25, -0.2) is 0 Å². The lowest BCUT2D eigenvalue weighted by Crippen LogP contribution is -2.30. The molecule has 1 aliphatic heterocycles. The standard InChI is InChI=1S/C27H20BrN3/c1-30-25-22-11-6-5-10-21(22)24-23(12-7-17-29-24)26(25)31(20-15-13-19(28)14-16-20)27(30)18-8-3-2-4-9-18/h2-17,27H,1H3. The summed E-state index contributed by atoms with van der Waals surface area (Å²) in [6, 6.07) is 32.1. The Morgan fingerprint density at radius 3 is 2.16 bits per heavy atom. The van der Waals surface area contributed by atoms with Crippen molar-refractivity contribution in [3.05, 3.63) is 107 Å². The van der Waals surface area contributed by atoms with Crippen LogP contribution in [0.4, 0.5) is 17.1 Å². The molecular formula is C27H20BrN3. The van der Waals surface area contributed by atoms with E-state index in [1.807, 2.05) is 12.3 Å². The summed E-state index contributed by atoms with van der Waals surface area (Å²) in [7, 11) is 2.20. The third-order valence-electron chi connectivity index (χ3n) is 6.13. The van der Waals surface area contributed by atoms with Crippen LogP contribution >= 0.6 is 15.9 Å². The molecule has 0 aliphatic carbocycles. The van der Waals surface area contributed by atoms with Crippen molar-refractivity contribution in [1.29, 1.82) is 0 Å². The molecule has 0 amide bonds. The summed E-state index contributed by atoms with van der Waals surface area (Å²) in [5.41, 5.74) is 5.91. The zero-order valence-electron chi connectivity index (χ0n) is 17.0. The molecule has 0 bridgehead atoms. The molecule has 1 atom stereocenters. The summed E-state index contributed by atoms with van der Waals surface area (Å²) in [6.07, 6.45) is 1.94. The zero-order chi connectivity index (χ0) is 20.9. The number of hydrogen-bond donors (Lipinski definition) is 0. The van der Waals surface area contributed by atoms with Crippen LogP contribution in [0.3, 0.4) is 0 Å². The Morgan fingerprint density at radius 2 is 1.39 bits per heavy atom. The minimum atomic E-state index is 0.0478. The van der Waals surface area contributed by atoms with Gasteiger partial charge in [0.15, 0.2) is 0 Å². The summed E-state index contributed by atoms with van der Waals surface area (Å²) in [6.45, 7) is 0. The first-order valence-electron chi connectivity index (χ1n) is 10.4. The molecule has 31 heavy (non-hydrogen) atoms. The summed E-state index contributed by atoms with van der Waals surface area (Å²) < 4.78 is 1.07. The van der Waals surface area contributed by atoms with E-state index in [9.17, 15) is 0 Å². The van der Waals surface area contributed by atoms with Gasteiger partial charge in [-0.3, -0.25) is 4.98 Å². The maximum atomic E-state index is 4.80. The second-order valence-electron chi connectivity index (χ2n) is 7.88. The number of pyridine rings is 1. The minimum absolute atomic E-state index is 0.0478. The monoisotopic (exact) mass is 465 g/mol. The van der Waals surface area contributed by atoms with E-state index in [0.717, 1.165) is 15.7 Å². The van der Waals surface area contributed by atoms with Crippen molar-refractivity contribution < 1.29 is 0 Å². The second-order valence-corrected chi connectivity index (χ2v) is 8.80. The maximum absolute atomic E-state index is 4.80. The molecular weight excluding hydrogens is 446 g/mol. The number of benzene rings is 4. The Balaban J connectivity index is 1.74. The van der Waals surface area contributed by atoms with Crippen molar-refractivity contribution in [3.8, 4) is 0 Å². The van der Waals surface area contributed by atoms with E-state index in [-0.39, 0.29) is 6.17 Å². The van der Waals surface area contributed by atoms with E-state index < -0.39 is 0 Å². The molecule has 0 fully saturated rings. The lowest BCUT2D eigenvalue weighted by molar-refractivity contribution is 0.720. The van der Waals surface area contributed by atoms with Crippen LogP contribution in [0.1, 0.15) is 11.7 Å². The van der Waals surface area contributed by atoms with Gasteiger partial charge in [-0.15, -0.1) is 0 Å². The van der Waals surface area contributed by atoms with E-state index in [4.69, 9.17) is 4.98 Å². The number of hydrogen-bond acceptors (Lipinski definition) is 3. The fraction of sp³-hybridized carbons (Fsp3) is 0.0741. The quantitative estimate of drug-likeness (QED) is 0.252. The van der Waals surface area contributed by atoms with Gasteiger partial charge in [0, 0.05) is 39.6 Å². The van der Waals surface area contributed by atoms with Crippen molar-refractivity contribution in [2.45, 2.75) is 6.17 Å². The first-order chi connectivity index (χ1) is 15.2. The molecule has 5 aromatic rings. The van der Waals surface area contributed by atoms with E-state index in [2.05, 4.69) is 118 Å². The van der Waals surface area contributed by atoms with Crippen molar-refractivity contribution in [2.75, 3.05) is 16.8 Å². The topological polar surface area (TPSA) is 19.4 Å². The lowest BCUT2D eigenvalue weighted by Gasteiger charge is -2.31. The van der Waals surface area contributed by atoms with E-state index >= 15 is 0 Å². The smallest absolute Gasteiger partial charge is 0.132 e. The molecule has 1 aliphatic rings. The van der Waals surface area contributed by atoms with Gasteiger partial charge in [0.2, 0.25) is 0 Å². The van der Waals surface area contributed by atoms with Gasteiger partial charge in [-0.2, -0.15) is 0 Å². The molecule has 0 saturated carbocycles. The highest BCUT2D eigenvalue weighted by Gasteiger charge is 2.38. The van der Waals surface area contributed by atoms with Gasteiger partial charge in [-0.1, -0.05) is 70.5 Å². The van der Waals surface area contributed by atoms with Crippen molar-refractivity contribution in [2.24, 2.45) is 0 Å². The Kier molecular flexibility index (Phi) is 4.22. The van der Waals surface area contributed by atoms with Gasteiger partial charge >= 0.3 is 0 Å². The highest BCUT2D eigenvalue weighted by atomic mass is 79.9. The van der Waals surface area contributed by atoms with Crippen LogP contribution in [0.2, 0.25) is 0 Å². The van der Waals surface area contributed by atoms with Gasteiger partial charge in [0.1, 0.15) is 6.17 Å². The molecule has 1 unspecified atom stereocenters. The number of nitrogens with zero attached hydrogens (tertiary/aromatic N) is 3. The molecule has 3 nitrogen and oxygen atoms in total. The summed E-state index contributed by atoms with van der Waals surface area (Å²) in [5, 5.41) is 3.59. The number of anilines is 3. The zero-order valence-corrected chi connectivity index (χ0v) is 18.6. The lowest BCUT2D eigenvalue weighted by atomic mass is 10.0. The van der Waals surface area contributed by atoms with Crippen LogP contribution < -0.4 is 9.80 Å². The van der Waals surface area contributed by atoms with E-state index in [1.54, 1.807) is 0 Å². The molecule has 0 radical (unpaired) electrons. The highest BCUT2D eigenvalue weighted by molar-refractivity contribution is 9.10. The summed E-state index contributed by atoms with van der Waals surface area (Å²) in [5.74, 6) is 0. The first kappa shape index (κ1) is 18.4. The molecule has 4 heteroatoms. The van der Waals surface area contributed by atoms with Crippen molar-refractivity contribution in [3.63, 3.8) is 0 Å². The van der Waals surface area contributed by atoms with Crippen LogP contribution in [0.15, 0.2) is 102 Å². The van der Waals surface area contributed by atoms with Gasteiger partial charge < -0.3 is 9.80 Å². The van der Waals surface area contributed by atoms with Crippen LogP contribution in [0.5, 0.6) is 0 Å². The summed E-state index contributed by atoms with van der Waals surface area (Å²) >= 11 is 3.59. The molecule has 1 aromatic heterocycles. The Morgan fingerprint density at radius 1 is 0.710 bits per heavy atom. The van der Waals surface area contributed by atoms with E-state index in [0.29, 0.717) is 0 Å². The van der Waals surface area contributed by atoms with Crippen LogP contribution in [-0.4, -0.2) is 12.0 Å². The van der Waals surface area contributed by atoms with Crippen LogP contribution in [0.25, 0.3) is 21.7 Å². The van der Waals surface area contributed by atoms with Crippen molar-refractivity contribution in [1.82, 2.24) is 4.98 Å². The van der Waals surface area contributed by atoms with E-state index in [1.165, 1.54) is 33.1 Å². The molecule has 0 saturated heterocycles. The third kappa shape index (κ3) is 2.75. The SMILES string of the molecule is CN1c2c(c3cccnc3c3ccccc23)N(c2ccc(Br)cc2)C1c1ccccc1. The molecule has 150 valence electrons. The summed E-state index contributed by atoms with van der Waals surface area (Å²) in [4.78, 5) is 9.66. The normalized spacial score (nSPS) is 15.6. The first-order valence-corrected chi connectivity index (χ1v) is 11.2. The molecule has 6 rings (SSSR count). The Hall–Kier alpha value is -3.37. The molecule has 2 heterocycles. The molecule has 4 aromatic carbocycles. The van der Waals surface area contributed by atoms with Crippen LogP contribution in [0, 0.1) is 0 Å². The number of halogens is 1. The highest BCUT2D eigenvalue weighted by Crippen LogP contribution is 2.55. The largest absolute Gasteiger partial charge is 0.348 e. The van der Waals surface area contributed by atoms with Gasteiger partial charge in [-0.05, 0) is 42.0 Å². The predicted molar refractivity (Wildman–Crippen MR) is 133 cm³/mol. The van der Waals surface area contributed by atoms with Crippen molar-refractivity contribution >= 4 is 54.7 Å². The number of fused-ring (bicyclic) bond motifs is 6. The maximum Gasteiger partial charge on any atom is 0.132 e. The number of aromatic nitrogens is 1. The molecule has 0 spiro atoms. The van der Waals surface area contributed by atoms with Crippen LogP contribution in [-0.2, 0) is 0 Å². The Bertz CT molecular complexity index is 1410. The average molecular weight is 466 g/mol. The Labute approximate surface area is 189 Å². The van der Waals surface area contributed by atoms with Gasteiger partial charge in [0.25, 0.3) is 0 Å². The minimum Gasteiger partial charge on any atom is -0.348 e. The second kappa shape index (κ2) is 7.10. The third-order valence-corrected chi connectivity index (χ3v) is 6.66. The number of rotatable bonds is 2.